The van der Waals surface area contributed by atoms with E-state index in [1.807, 2.05) is 24.3 Å². The Morgan fingerprint density at radius 2 is 1.96 bits per heavy atom. The van der Waals surface area contributed by atoms with Crippen molar-refractivity contribution in [3.05, 3.63) is 29.8 Å². The number of esters is 1. The van der Waals surface area contributed by atoms with Crippen molar-refractivity contribution in [3.63, 3.8) is 0 Å². The van der Waals surface area contributed by atoms with E-state index in [-0.39, 0.29) is 30.9 Å². The summed E-state index contributed by atoms with van der Waals surface area (Å²) in [6, 6.07) is 7.01. The molecule has 0 bridgehead atoms. The van der Waals surface area contributed by atoms with Crippen LogP contribution in [0.1, 0.15) is 18.4 Å². The van der Waals surface area contributed by atoms with Gasteiger partial charge in [0.15, 0.2) is 0 Å². The minimum atomic E-state index is -0.312. The second kappa shape index (κ2) is 9.56. The van der Waals surface area contributed by atoms with E-state index < -0.39 is 0 Å². The lowest BCUT2D eigenvalue weighted by molar-refractivity contribution is -0.140. The Labute approximate surface area is 158 Å². The third kappa shape index (κ3) is 5.44. The first-order valence-electron chi connectivity index (χ1n) is 8.69. The van der Waals surface area contributed by atoms with E-state index >= 15 is 0 Å². The predicted octanol–water partition coefficient (Wildman–Crippen LogP) is 0.333. The van der Waals surface area contributed by atoms with Crippen LogP contribution in [0.2, 0.25) is 0 Å². The zero-order valence-corrected chi connectivity index (χ0v) is 15.6. The maximum atomic E-state index is 12.5. The van der Waals surface area contributed by atoms with Gasteiger partial charge in [0, 0.05) is 44.4 Å². The Hall–Kier alpha value is -3.10. The standard InChI is InChI=1S/C18H25N5O4/c1-20-17(19)13-5-7-14(8-6-13)23-11-10-22(18(23)26)12-15(24)21-9-3-4-16(25)27-2/h5-8H,3-4,9-12H2,1-2H3,(H2,19,20)(H,21,24). The maximum Gasteiger partial charge on any atom is 0.325 e. The lowest BCUT2D eigenvalue weighted by Crippen LogP contribution is -2.40. The highest BCUT2D eigenvalue weighted by atomic mass is 16.5. The summed E-state index contributed by atoms with van der Waals surface area (Å²) in [4.78, 5) is 42.6. The fourth-order valence-electron chi connectivity index (χ4n) is 2.70. The van der Waals surface area contributed by atoms with Gasteiger partial charge in [-0.1, -0.05) is 0 Å². The first-order valence-corrected chi connectivity index (χ1v) is 8.69. The number of urea groups is 1. The smallest absolute Gasteiger partial charge is 0.325 e. The first kappa shape index (κ1) is 20.2. The Morgan fingerprint density at radius 3 is 2.59 bits per heavy atom. The molecule has 146 valence electrons. The van der Waals surface area contributed by atoms with E-state index in [4.69, 9.17) is 5.73 Å². The average molecular weight is 375 g/mol. The van der Waals surface area contributed by atoms with Gasteiger partial charge in [-0.05, 0) is 30.7 Å². The summed E-state index contributed by atoms with van der Waals surface area (Å²) in [6.07, 6.45) is 0.742. The molecule has 27 heavy (non-hydrogen) atoms. The molecular weight excluding hydrogens is 350 g/mol. The quantitative estimate of drug-likeness (QED) is 0.294. The molecule has 1 aliphatic heterocycles. The number of carbonyl (C=O) groups excluding carboxylic acids is 3. The van der Waals surface area contributed by atoms with Gasteiger partial charge < -0.3 is 20.7 Å². The van der Waals surface area contributed by atoms with Crippen LogP contribution < -0.4 is 16.0 Å². The van der Waals surface area contributed by atoms with Crippen LogP contribution in [0.4, 0.5) is 10.5 Å². The summed E-state index contributed by atoms with van der Waals surface area (Å²) in [7, 11) is 2.94. The van der Waals surface area contributed by atoms with Gasteiger partial charge in [0.25, 0.3) is 0 Å². The molecule has 3 amide bonds. The maximum absolute atomic E-state index is 12.5. The van der Waals surface area contributed by atoms with Crippen molar-refractivity contribution in [1.29, 1.82) is 0 Å². The summed E-state index contributed by atoms with van der Waals surface area (Å²) in [5, 5.41) is 2.70. The Balaban J connectivity index is 1.83. The van der Waals surface area contributed by atoms with Crippen molar-refractivity contribution in [1.82, 2.24) is 10.2 Å². The van der Waals surface area contributed by atoms with E-state index in [9.17, 15) is 14.4 Å². The molecule has 1 aromatic carbocycles. The van der Waals surface area contributed by atoms with Crippen LogP contribution in [0, 0.1) is 0 Å². The number of aliphatic imine (C=N–C) groups is 1. The average Bonchev–Trinajstić information content (AvgIpc) is 3.04. The molecule has 0 spiro atoms. The van der Waals surface area contributed by atoms with Crippen molar-refractivity contribution < 1.29 is 19.1 Å². The highest BCUT2D eigenvalue weighted by Crippen LogP contribution is 2.20. The van der Waals surface area contributed by atoms with Crippen LogP contribution >= 0.6 is 0 Å². The van der Waals surface area contributed by atoms with Crippen LogP contribution in [0.15, 0.2) is 29.3 Å². The minimum Gasteiger partial charge on any atom is -0.469 e. The van der Waals surface area contributed by atoms with Gasteiger partial charge in [-0.3, -0.25) is 19.5 Å². The number of nitrogens with two attached hydrogens (primary N) is 1. The van der Waals surface area contributed by atoms with Gasteiger partial charge in [0.1, 0.15) is 12.4 Å². The van der Waals surface area contributed by atoms with Crippen molar-refractivity contribution in [3.8, 4) is 0 Å². The molecule has 0 unspecified atom stereocenters. The summed E-state index contributed by atoms with van der Waals surface area (Å²) in [6.45, 7) is 1.32. The number of methoxy groups -OCH3 is 1. The van der Waals surface area contributed by atoms with E-state index in [2.05, 4.69) is 15.0 Å². The molecule has 0 atom stereocenters. The molecule has 0 radical (unpaired) electrons. The molecular formula is C18H25N5O4. The number of rotatable bonds is 8. The van der Waals surface area contributed by atoms with Crippen LogP contribution in [0.3, 0.4) is 0 Å². The first-order chi connectivity index (χ1) is 13.0. The molecule has 3 N–H and O–H groups in total. The summed E-state index contributed by atoms with van der Waals surface area (Å²) < 4.78 is 4.54. The van der Waals surface area contributed by atoms with Gasteiger partial charge >= 0.3 is 12.0 Å². The molecule has 9 nitrogen and oxygen atoms in total. The normalized spacial score (nSPS) is 14.4. The van der Waals surface area contributed by atoms with Crippen LogP contribution in [0.25, 0.3) is 0 Å². The molecule has 9 heteroatoms. The number of amides is 3. The molecule has 1 heterocycles. The molecule has 1 fully saturated rings. The van der Waals surface area contributed by atoms with Crippen LogP contribution in [-0.2, 0) is 14.3 Å². The highest BCUT2D eigenvalue weighted by Gasteiger charge is 2.30. The van der Waals surface area contributed by atoms with E-state index in [0.29, 0.717) is 31.9 Å². The molecule has 1 aromatic rings. The predicted molar refractivity (Wildman–Crippen MR) is 102 cm³/mol. The van der Waals surface area contributed by atoms with E-state index in [1.165, 1.54) is 12.0 Å². The van der Waals surface area contributed by atoms with Gasteiger partial charge in [-0.2, -0.15) is 0 Å². The molecule has 0 aromatic heterocycles. The number of nitrogens with zero attached hydrogens (tertiary/aromatic N) is 3. The largest absolute Gasteiger partial charge is 0.469 e. The Kier molecular flexibility index (Phi) is 7.16. The number of nitrogens with one attached hydrogen (secondary N) is 1. The summed E-state index contributed by atoms with van der Waals surface area (Å²) >= 11 is 0. The van der Waals surface area contributed by atoms with Crippen LogP contribution in [-0.4, -0.2) is 69.0 Å². The molecule has 1 aliphatic rings. The number of amidine groups is 1. The second-order valence-corrected chi connectivity index (χ2v) is 6.04. The molecule has 0 saturated carbocycles. The molecule has 1 saturated heterocycles. The molecule has 0 aliphatic carbocycles. The summed E-state index contributed by atoms with van der Waals surface area (Å²) in [5.41, 5.74) is 7.30. The van der Waals surface area contributed by atoms with Crippen LogP contribution in [0.5, 0.6) is 0 Å². The lowest BCUT2D eigenvalue weighted by atomic mass is 10.2. The van der Waals surface area contributed by atoms with Gasteiger partial charge in [-0.15, -0.1) is 0 Å². The second-order valence-electron chi connectivity index (χ2n) is 6.04. The SMILES string of the molecule is CN=C(N)c1ccc(N2CCN(CC(=O)NCCCC(=O)OC)C2=O)cc1. The highest BCUT2D eigenvalue weighted by molar-refractivity contribution is 5.99. The van der Waals surface area contributed by atoms with Gasteiger partial charge in [0.05, 0.1) is 7.11 Å². The fourth-order valence-corrected chi connectivity index (χ4v) is 2.70. The third-order valence-corrected chi connectivity index (χ3v) is 4.25. The van der Waals surface area contributed by atoms with Crippen molar-refractivity contribution in [2.45, 2.75) is 12.8 Å². The molecule has 2 rings (SSSR count). The number of benzene rings is 1. The van der Waals surface area contributed by atoms with Gasteiger partial charge in [0.2, 0.25) is 5.91 Å². The minimum absolute atomic E-state index is 0.0128. The monoisotopic (exact) mass is 375 g/mol. The fraction of sp³-hybridized carbons (Fsp3) is 0.444. The number of hydrogen-bond donors (Lipinski definition) is 2. The van der Waals surface area contributed by atoms with Crippen molar-refractivity contribution in [2.24, 2.45) is 10.7 Å². The van der Waals surface area contributed by atoms with E-state index in [0.717, 1.165) is 11.3 Å². The van der Waals surface area contributed by atoms with Crippen molar-refractivity contribution >= 4 is 29.4 Å². The van der Waals surface area contributed by atoms with Gasteiger partial charge in [-0.25, -0.2) is 4.79 Å². The Morgan fingerprint density at radius 1 is 1.26 bits per heavy atom. The third-order valence-electron chi connectivity index (χ3n) is 4.25. The lowest BCUT2D eigenvalue weighted by Gasteiger charge is -2.18. The Bertz CT molecular complexity index is 717. The zero-order valence-electron chi connectivity index (χ0n) is 15.6. The zero-order chi connectivity index (χ0) is 19.8. The number of ether oxygens (including phenoxy) is 1. The summed E-state index contributed by atoms with van der Waals surface area (Å²) in [5.74, 6) is -0.135. The van der Waals surface area contributed by atoms with Crippen molar-refractivity contribution in [2.75, 3.05) is 45.2 Å². The number of hydrogen-bond acceptors (Lipinski definition) is 5. The topological polar surface area (TPSA) is 117 Å². The number of anilines is 1. The number of carbonyl (C=O) groups is 3. The van der Waals surface area contributed by atoms with E-state index in [1.54, 1.807) is 11.9 Å².